The molecule has 0 bridgehead atoms. The summed E-state index contributed by atoms with van der Waals surface area (Å²) in [6, 6.07) is 0. The SMILES string of the molecule is CC(Cl)COCCCOCC(C)Cl. The van der Waals surface area contributed by atoms with Gasteiger partial charge < -0.3 is 9.47 Å². The Labute approximate surface area is 90.5 Å². The third-order valence-electron chi connectivity index (χ3n) is 1.27. The topological polar surface area (TPSA) is 18.5 Å². The van der Waals surface area contributed by atoms with E-state index in [0.717, 1.165) is 6.42 Å². The summed E-state index contributed by atoms with van der Waals surface area (Å²) in [5.74, 6) is 0. The second kappa shape index (κ2) is 9.07. The maximum Gasteiger partial charge on any atom is 0.0627 e. The molecule has 0 aromatic carbocycles. The molecule has 0 aliphatic heterocycles. The van der Waals surface area contributed by atoms with Crippen LogP contribution >= 0.6 is 23.2 Å². The maximum absolute atomic E-state index is 5.69. The molecule has 0 N–H and O–H groups in total. The van der Waals surface area contributed by atoms with Crippen molar-refractivity contribution >= 4 is 23.2 Å². The molecule has 2 unspecified atom stereocenters. The zero-order valence-corrected chi connectivity index (χ0v) is 9.77. The van der Waals surface area contributed by atoms with Gasteiger partial charge in [-0.3, -0.25) is 0 Å². The fourth-order valence-corrected chi connectivity index (χ4v) is 0.933. The first-order chi connectivity index (χ1) is 6.13. The Hall–Kier alpha value is 0.500. The molecule has 0 aromatic heterocycles. The van der Waals surface area contributed by atoms with Gasteiger partial charge in [-0.25, -0.2) is 0 Å². The van der Waals surface area contributed by atoms with Crippen LogP contribution in [-0.4, -0.2) is 37.2 Å². The van der Waals surface area contributed by atoms with Crippen LogP contribution in [-0.2, 0) is 9.47 Å². The van der Waals surface area contributed by atoms with Gasteiger partial charge in [0.25, 0.3) is 0 Å². The number of ether oxygens (including phenoxy) is 2. The number of halogens is 2. The van der Waals surface area contributed by atoms with E-state index in [1.807, 2.05) is 13.8 Å². The molecule has 0 fully saturated rings. The van der Waals surface area contributed by atoms with Crippen molar-refractivity contribution in [1.82, 2.24) is 0 Å². The van der Waals surface area contributed by atoms with Gasteiger partial charge in [-0.1, -0.05) is 0 Å². The van der Waals surface area contributed by atoms with E-state index in [1.54, 1.807) is 0 Å². The lowest BCUT2D eigenvalue weighted by molar-refractivity contribution is 0.0849. The van der Waals surface area contributed by atoms with Crippen molar-refractivity contribution in [1.29, 1.82) is 0 Å². The lowest BCUT2D eigenvalue weighted by atomic mass is 10.4. The van der Waals surface area contributed by atoms with E-state index < -0.39 is 0 Å². The van der Waals surface area contributed by atoms with Gasteiger partial charge >= 0.3 is 0 Å². The van der Waals surface area contributed by atoms with Crippen LogP contribution in [0.4, 0.5) is 0 Å². The molecule has 0 amide bonds. The molecule has 0 radical (unpaired) electrons. The summed E-state index contributed by atoms with van der Waals surface area (Å²) in [5, 5.41) is 0.174. The number of hydrogen-bond donors (Lipinski definition) is 0. The first-order valence-corrected chi connectivity index (χ1v) is 5.44. The van der Waals surface area contributed by atoms with Crippen molar-refractivity contribution in [2.45, 2.75) is 31.0 Å². The molecule has 0 aliphatic carbocycles. The van der Waals surface area contributed by atoms with Crippen LogP contribution in [0.3, 0.4) is 0 Å². The molecular weight excluding hydrogens is 211 g/mol. The second-order valence-corrected chi connectivity index (χ2v) is 4.56. The third-order valence-corrected chi connectivity index (χ3v) is 1.52. The smallest absolute Gasteiger partial charge is 0.0627 e. The third kappa shape index (κ3) is 12.5. The number of hydrogen-bond acceptors (Lipinski definition) is 2. The summed E-state index contributed by atoms with van der Waals surface area (Å²) >= 11 is 11.4. The van der Waals surface area contributed by atoms with Gasteiger partial charge in [-0.05, 0) is 20.3 Å². The summed E-state index contributed by atoms with van der Waals surface area (Å²) in [6.07, 6.45) is 0.896. The van der Waals surface area contributed by atoms with Crippen LogP contribution in [0.25, 0.3) is 0 Å². The van der Waals surface area contributed by atoms with E-state index in [1.165, 1.54) is 0 Å². The summed E-state index contributed by atoms with van der Waals surface area (Å²) in [5.41, 5.74) is 0. The molecule has 0 saturated carbocycles. The summed E-state index contributed by atoms with van der Waals surface area (Å²) in [7, 11) is 0. The highest BCUT2D eigenvalue weighted by molar-refractivity contribution is 6.20. The Bertz CT molecular complexity index is 95.8. The zero-order valence-electron chi connectivity index (χ0n) is 8.26. The van der Waals surface area contributed by atoms with Gasteiger partial charge in [0.15, 0.2) is 0 Å². The molecule has 2 nitrogen and oxygen atoms in total. The first-order valence-electron chi connectivity index (χ1n) is 4.56. The molecule has 2 atom stereocenters. The van der Waals surface area contributed by atoms with Gasteiger partial charge in [0.05, 0.1) is 24.0 Å². The molecule has 80 valence electrons. The van der Waals surface area contributed by atoms with Crippen molar-refractivity contribution in [2.75, 3.05) is 26.4 Å². The predicted octanol–water partition coefficient (Wildman–Crippen LogP) is 2.66. The molecule has 0 aromatic rings. The Morgan fingerprint density at radius 2 is 1.31 bits per heavy atom. The van der Waals surface area contributed by atoms with Crippen LogP contribution < -0.4 is 0 Å². The van der Waals surface area contributed by atoms with Gasteiger partial charge in [0.1, 0.15) is 0 Å². The van der Waals surface area contributed by atoms with Crippen molar-refractivity contribution < 1.29 is 9.47 Å². The highest BCUT2D eigenvalue weighted by Gasteiger charge is 1.97. The van der Waals surface area contributed by atoms with E-state index in [-0.39, 0.29) is 10.8 Å². The lowest BCUT2D eigenvalue weighted by Crippen LogP contribution is -2.10. The fourth-order valence-electron chi connectivity index (χ4n) is 0.755. The van der Waals surface area contributed by atoms with E-state index in [0.29, 0.717) is 26.4 Å². The second-order valence-electron chi connectivity index (χ2n) is 3.06. The van der Waals surface area contributed by atoms with Crippen molar-refractivity contribution in [2.24, 2.45) is 0 Å². The quantitative estimate of drug-likeness (QED) is 0.470. The molecule has 0 heterocycles. The minimum atomic E-state index is 0.0868. The average molecular weight is 229 g/mol. The minimum absolute atomic E-state index is 0.0868. The number of alkyl halides is 2. The maximum atomic E-state index is 5.69. The molecule has 4 heteroatoms. The molecule has 0 rings (SSSR count). The Morgan fingerprint density at radius 1 is 0.923 bits per heavy atom. The van der Waals surface area contributed by atoms with Gasteiger partial charge in [0.2, 0.25) is 0 Å². The summed E-state index contributed by atoms with van der Waals surface area (Å²) in [4.78, 5) is 0. The van der Waals surface area contributed by atoms with Crippen LogP contribution in [0.15, 0.2) is 0 Å². The van der Waals surface area contributed by atoms with Crippen molar-refractivity contribution in [3.63, 3.8) is 0 Å². The van der Waals surface area contributed by atoms with E-state index in [4.69, 9.17) is 32.7 Å². The Kier molecular flexibility index (Phi) is 9.42. The van der Waals surface area contributed by atoms with Gasteiger partial charge in [-0.15, -0.1) is 23.2 Å². The minimum Gasteiger partial charge on any atom is -0.380 e. The first kappa shape index (κ1) is 13.5. The molecule has 0 spiro atoms. The largest absolute Gasteiger partial charge is 0.380 e. The number of rotatable bonds is 8. The average Bonchev–Trinajstić information content (AvgIpc) is 2.01. The van der Waals surface area contributed by atoms with E-state index in [9.17, 15) is 0 Å². The van der Waals surface area contributed by atoms with Gasteiger partial charge in [0, 0.05) is 13.2 Å². The molecule has 13 heavy (non-hydrogen) atoms. The lowest BCUT2D eigenvalue weighted by Gasteiger charge is -2.07. The molecule has 0 aliphatic rings. The van der Waals surface area contributed by atoms with Crippen LogP contribution in [0.2, 0.25) is 0 Å². The highest BCUT2D eigenvalue weighted by Crippen LogP contribution is 1.96. The van der Waals surface area contributed by atoms with E-state index in [2.05, 4.69) is 0 Å². The summed E-state index contributed by atoms with van der Waals surface area (Å²) in [6.45, 7) is 6.43. The van der Waals surface area contributed by atoms with Gasteiger partial charge in [-0.2, -0.15) is 0 Å². The fraction of sp³-hybridized carbons (Fsp3) is 1.00. The predicted molar refractivity (Wildman–Crippen MR) is 56.9 cm³/mol. The molecular formula is C9H18Cl2O2. The van der Waals surface area contributed by atoms with Crippen LogP contribution in [0.1, 0.15) is 20.3 Å². The Balaban J connectivity index is 2.92. The monoisotopic (exact) mass is 228 g/mol. The zero-order chi connectivity index (χ0) is 10.1. The Morgan fingerprint density at radius 3 is 1.62 bits per heavy atom. The standard InChI is InChI=1S/C9H18Cl2O2/c1-8(10)6-12-4-3-5-13-7-9(2)11/h8-9H,3-7H2,1-2H3. The normalized spacial score (nSPS) is 15.7. The van der Waals surface area contributed by atoms with Crippen LogP contribution in [0, 0.1) is 0 Å². The van der Waals surface area contributed by atoms with Crippen molar-refractivity contribution in [3.8, 4) is 0 Å². The molecule has 0 saturated heterocycles. The van der Waals surface area contributed by atoms with Crippen molar-refractivity contribution in [3.05, 3.63) is 0 Å². The summed E-state index contributed by atoms with van der Waals surface area (Å²) < 4.78 is 10.5. The highest BCUT2D eigenvalue weighted by atomic mass is 35.5. The van der Waals surface area contributed by atoms with E-state index >= 15 is 0 Å². The van der Waals surface area contributed by atoms with Crippen LogP contribution in [0.5, 0.6) is 0 Å².